The van der Waals surface area contributed by atoms with Gasteiger partial charge < -0.3 is 4.90 Å². The molecule has 1 aromatic carbocycles. The van der Waals surface area contributed by atoms with Crippen LogP contribution in [0.1, 0.15) is 29.3 Å². The highest BCUT2D eigenvalue weighted by Crippen LogP contribution is 2.14. The molecule has 0 bridgehead atoms. The predicted octanol–water partition coefficient (Wildman–Crippen LogP) is 2.30. The summed E-state index contributed by atoms with van der Waals surface area (Å²) in [6.07, 6.45) is 1.13. The van der Waals surface area contributed by atoms with Gasteiger partial charge in [0.2, 0.25) is 0 Å². The Morgan fingerprint density at radius 1 is 1.26 bits per heavy atom. The van der Waals surface area contributed by atoms with Crippen LogP contribution in [-0.4, -0.2) is 48.4 Å². The van der Waals surface area contributed by atoms with Crippen LogP contribution in [-0.2, 0) is 0 Å². The molecule has 0 saturated carbocycles. The average molecular weight is 264 g/mol. The molecule has 1 amide bonds. The first-order valence-electron chi connectivity index (χ1n) is 6.89. The molecule has 1 heterocycles. The van der Waals surface area contributed by atoms with Crippen LogP contribution in [0.3, 0.4) is 0 Å². The van der Waals surface area contributed by atoms with E-state index >= 15 is 0 Å². The molecule has 19 heavy (non-hydrogen) atoms. The lowest BCUT2D eigenvalue weighted by Gasteiger charge is -2.34. The first-order chi connectivity index (χ1) is 9.11. The number of hydrogen-bond acceptors (Lipinski definition) is 2. The Kier molecular flexibility index (Phi) is 4.53. The Hall–Kier alpha value is -1.42. The third kappa shape index (κ3) is 3.32. The summed E-state index contributed by atoms with van der Waals surface area (Å²) in [5, 5.41) is 0. The molecule has 2 rings (SSSR count). The molecule has 1 aromatic rings. The molecule has 0 aromatic heterocycles. The molecule has 1 saturated heterocycles. The number of benzene rings is 1. The van der Waals surface area contributed by atoms with Gasteiger partial charge in [0.05, 0.1) is 5.56 Å². The van der Waals surface area contributed by atoms with Crippen molar-refractivity contribution in [3.63, 3.8) is 0 Å². The first kappa shape index (κ1) is 14.0. The third-order valence-electron chi connectivity index (χ3n) is 3.55. The lowest BCUT2D eigenvalue weighted by atomic mass is 10.1. The van der Waals surface area contributed by atoms with E-state index in [4.69, 9.17) is 0 Å². The number of piperazine rings is 1. The summed E-state index contributed by atoms with van der Waals surface area (Å²) >= 11 is 0. The average Bonchev–Trinajstić information content (AvgIpc) is 2.39. The van der Waals surface area contributed by atoms with E-state index in [0.29, 0.717) is 13.1 Å². The Bertz CT molecular complexity index is 453. The second kappa shape index (κ2) is 6.15. The van der Waals surface area contributed by atoms with E-state index < -0.39 is 5.82 Å². The van der Waals surface area contributed by atoms with Gasteiger partial charge in [-0.3, -0.25) is 9.69 Å². The van der Waals surface area contributed by atoms with Crippen molar-refractivity contribution in [1.29, 1.82) is 0 Å². The van der Waals surface area contributed by atoms with E-state index in [9.17, 15) is 9.18 Å². The van der Waals surface area contributed by atoms with Crippen LogP contribution in [0.2, 0.25) is 0 Å². The molecular weight excluding hydrogens is 243 g/mol. The van der Waals surface area contributed by atoms with Crippen molar-refractivity contribution in [2.75, 3.05) is 32.7 Å². The standard InChI is InChI=1S/C15H21FN2O/c1-3-6-17-7-9-18(10-8-17)15(19)13-5-4-12(2)11-14(13)16/h4-5,11H,3,6-10H2,1-2H3. The second-order valence-corrected chi connectivity index (χ2v) is 5.12. The highest BCUT2D eigenvalue weighted by atomic mass is 19.1. The zero-order valence-electron chi connectivity index (χ0n) is 11.7. The van der Waals surface area contributed by atoms with Crippen molar-refractivity contribution in [1.82, 2.24) is 9.80 Å². The van der Waals surface area contributed by atoms with Gasteiger partial charge in [0.15, 0.2) is 0 Å². The van der Waals surface area contributed by atoms with E-state index in [2.05, 4.69) is 11.8 Å². The molecule has 0 radical (unpaired) electrons. The summed E-state index contributed by atoms with van der Waals surface area (Å²) in [4.78, 5) is 16.4. The van der Waals surface area contributed by atoms with Gasteiger partial charge in [0, 0.05) is 26.2 Å². The van der Waals surface area contributed by atoms with Gasteiger partial charge in [-0.05, 0) is 37.6 Å². The topological polar surface area (TPSA) is 23.6 Å². The van der Waals surface area contributed by atoms with Crippen LogP contribution in [0.15, 0.2) is 18.2 Å². The molecule has 3 nitrogen and oxygen atoms in total. The molecule has 4 heteroatoms. The van der Waals surface area contributed by atoms with Crippen molar-refractivity contribution in [3.05, 3.63) is 35.1 Å². The maximum Gasteiger partial charge on any atom is 0.256 e. The Labute approximate surface area is 114 Å². The number of hydrogen-bond donors (Lipinski definition) is 0. The Morgan fingerprint density at radius 2 is 1.95 bits per heavy atom. The van der Waals surface area contributed by atoms with Crippen LogP contribution >= 0.6 is 0 Å². The lowest BCUT2D eigenvalue weighted by molar-refractivity contribution is 0.0633. The van der Waals surface area contributed by atoms with Crippen molar-refractivity contribution in [2.45, 2.75) is 20.3 Å². The monoisotopic (exact) mass is 264 g/mol. The Morgan fingerprint density at radius 3 is 2.53 bits per heavy atom. The highest BCUT2D eigenvalue weighted by molar-refractivity contribution is 5.94. The van der Waals surface area contributed by atoms with Gasteiger partial charge in [0.25, 0.3) is 5.91 Å². The highest BCUT2D eigenvalue weighted by Gasteiger charge is 2.23. The molecule has 0 N–H and O–H groups in total. The van der Waals surface area contributed by atoms with Crippen LogP contribution in [0.25, 0.3) is 0 Å². The predicted molar refractivity (Wildman–Crippen MR) is 73.8 cm³/mol. The van der Waals surface area contributed by atoms with Crippen molar-refractivity contribution in [2.24, 2.45) is 0 Å². The van der Waals surface area contributed by atoms with Gasteiger partial charge >= 0.3 is 0 Å². The number of aryl methyl sites for hydroxylation is 1. The fourth-order valence-corrected chi connectivity index (χ4v) is 2.45. The first-order valence-corrected chi connectivity index (χ1v) is 6.89. The van der Waals surface area contributed by atoms with Crippen LogP contribution in [0.4, 0.5) is 4.39 Å². The van der Waals surface area contributed by atoms with Crippen LogP contribution in [0.5, 0.6) is 0 Å². The number of rotatable bonds is 3. The minimum Gasteiger partial charge on any atom is -0.336 e. The maximum absolute atomic E-state index is 13.8. The molecule has 1 aliphatic heterocycles. The van der Waals surface area contributed by atoms with E-state index in [0.717, 1.165) is 31.6 Å². The quantitative estimate of drug-likeness (QED) is 0.836. The molecule has 0 atom stereocenters. The fourth-order valence-electron chi connectivity index (χ4n) is 2.45. The van der Waals surface area contributed by atoms with E-state index in [-0.39, 0.29) is 11.5 Å². The second-order valence-electron chi connectivity index (χ2n) is 5.12. The van der Waals surface area contributed by atoms with Gasteiger partial charge in [-0.15, -0.1) is 0 Å². The Balaban J connectivity index is 2.01. The molecule has 1 aliphatic rings. The summed E-state index contributed by atoms with van der Waals surface area (Å²) in [5.74, 6) is -0.602. The summed E-state index contributed by atoms with van der Waals surface area (Å²) < 4.78 is 13.8. The van der Waals surface area contributed by atoms with Crippen LogP contribution in [0, 0.1) is 12.7 Å². The van der Waals surface area contributed by atoms with E-state index in [1.807, 2.05) is 6.92 Å². The largest absolute Gasteiger partial charge is 0.336 e. The number of carbonyl (C=O) groups excluding carboxylic acids is 1. The normalized spacial score (nSPS) is 16.7. The SMILES string of the molecule is CCCN1CCN(C(=O)c2ccc(C)cc2F)CC1. The number of halogens is 1. The van der Waals surface area contributed by atoms with Gasteiger partial charge in [0.1, 0.15) is 5.82 Å². The maximum atomic E-state index is 13.8. The van der Waals surface area contributed by atoms with Crippen molar-refractivity contribution >= 4 is 5.91 Å². The van der Waals surface area contributed by atoms with E-state index in [1.165, 1.54) is 6.07 Å². The number of amides is 1. The van der Waals surface area contributed by atoms with Crippen LogP contribution < -0.4 is 0 Å². The molecule has 0 unspecified atom stereocenters. The van der Waals surface area contributed by atoms with E-state index in [1.54, 1.807) is 17.0 Å². The molecule has 0 spiro atoms. The fraction of sp³-hybridized carbons (Fsp3) is 0.533. The number of nitrogens with zero attached hydrogens (tertiary/aromatic N) is 2. The summed E-state index contributed by atoms with van der Waals surface area (Å²) in [6.45, 7) is 8.18. The minimum atomic E-state index is -0.416. The molecular formula is C15H21FN2O. The third-order valence-corrected chi connectivity index (χ3v) is 3.55. The zero-order chi connectivity index (χ0) is 13.8. The summed E-state index contributed by atoms with van der Waals surface area (Å²) in [5.41, 5.74) is 1.02. The summed E-state index contributed by atoms with van der Waals surface area (Å²) in [7, 11) is 0. The number of carbonyl (C=O) groups is 1. The molecule has 1 fully saturated rings. The minimum absolute atomic E-state index is 0.186. The summed E-state index contributed by atoms with van der Waals surface area (Å²) in [6, 6.07) is 4.79. The lowest BCUT2D eigenvalue weighted by Crippen LogP contribution is -2.48. The van der Waals surface area contributed by atoms with Gasteiger partial charge in [-0.25, -0.2) is 4.39 Å². The van der Waals surface area contributed by atoms with Crippen molar-refractivity contribution in [3.8, 4) is 0 Å². The smallest absolute Gasteiger partial charge is 0.256 e. The molecule has 0 aliphatic carbocycles. The van der Waals surface area contributed by atoms with Gasteiger partial charge in [-0.2, -0.15) is 0 Å². The van der Waals surface area contributed by atoms with Crippen molar-refractivity contribution < 1.29 is 9.18 Å². The zero-order valence-corrected chi connectivity index (χ0v) is 11.7. The molecule has 104 valence electrons. The van der Waals surface area contributed by atoms with Gasteiger partial charge in [-0.1, -0.05) is 13.0 Å².